The molecule has 2 aromatic rings. The first-order chi connectivity index (χ1) is 14.5. The van der Waals surface area contributed by atoms with Crippen molar-refractivity contribution in [1.82, 2.24) is 15.5 Å². The fourth-order valence-electron chi connectivity index (χ4n) is 4.18. The van der Waals surface area contributed by atoms with E-state index in [0.717, 1.165) is 12.8 Å². The number of para-hydroxylation sites is 1. The number of carbonyl (C=O) groups is 2. The molecule has 2 N–H and O–H groups in total. The van der Waals surface area contributed by atoms with E-state index in [-0.39, 0.29) is 17.9 Å². The van der Waals surface area contributed by atoms with Gasteiger partial charge in [0, 0.05) is 32.0 Å². The van der Waals surface area contributed by atoms with E-state index in [0.29, 0.717) is 43.8 Å². The zero-order chi connectivity index (χ0) is 21.0. The van der Waals surface area contributed by atoms with Crippen molar-refractivity contribution in [3.8, 4) is 5.75 Å². The Kier molecular flexibility index (Phi) is 6.04. The highest BCUT2D eigenvalue weighted by atomic mass is 16.5. The van der Waals surface area contributed by atoms with Crippen LogP contribution in [0.1, 0.15) is 42.1 Å². The quantitative estimate of drug-likeness (QED) is 0.773. The van der Waals surface area contributed by atoms with E-state index < -0.39 is 5.72 Å². The average molecular weight is 408 g/mol. The number of nitrogens with zero attached hydrogens (tertiary/aromatic N) is 1. The predicted octanol–water partition coefficient (Wildman–Crippen LogP) is 2.74. The van der Waals surface area contributed by atoms with Crippen LogP contribution in [0.2, 0.25) is 0 Å². The lowest BCUT2D eigenvalue weighted by Gasteiger charge is -2.44. The number of hydrogen-bond acceptors (Lipinski definition) is 4. The largest absolute Gasteiger partial charge is 0.467 e. The Hall–Kier alpha value is -2.86. The van der Waals surface area contributed by atoms with Gasteiger partial charge in [0.1, 0.15) is 5.75 Å². The molecule has 2 amide bonds. The number of aryl methyl sites for hydroxylation is 1. The Bertz CT molecular complexity index is 892. The standard InChI is InChI=1S/C24H29N3O3/c1-18(11-12-19-7-3-2-4-8-19)25-22(28)17-27-15-13-24(14-16-27)26-23(29)20-9-5-6-10-21(20)30-24/h2-10,18H,11-17H2,1H3,(H,25,28)(H,26,29). The van der Waals surface area contributed by atoms with E-state index in [2.05, 4.69) is 34.6 Å². The number of benzene rings is 2. The Balaban J connectivity index is 1.23. The van der Waals surface area contributed by atoms with E-state index in [1.165, 1.54) is 5.56 Å². The molecule has 30 heavy (non-hydrogen) atoms. The van der Waals surface area contributed by atoms with Gasteiger partial charge in [-0.2, -0.15) is 0 Å². The molecule has 0 bridgehead atoms. The molecule has 1 unspecified atom stereocenters. The van der Waals surface area contributed by atoms with E-state index in [4.69, 9.17) is 4.74 Å². The summed E-state index contributed by atoms with van der Waals surface area (Å²) in [6.07, 6.45) is 3.18. The smallest absolute Gasteiger partial charge is 0.258 e. The number of carbonyl (C=O) groups excluding carboxylic acids is 2. The highest BCUT2D eigenvalue weighted by molar-refractivity contribution is 5.98. The number of fused-ring (bicyclic) bond motifs is 1. The third kappa shape index (κ3) is 4.82. The fourth-order valence-corrected chi connectivity index (χ4v) is 4.18. The molecule has 158 valence electrons. The van der Waals surface area contributed by atoms with Gasteiger partial charge in [-0.1, -0.05) is 42.5 Å². The second-order valence-electron chi connectivity index (χ2n) is 8.32. The topological polar surface area (TPSA) is 70.7 Å². The van der Waals surface area contributed by atoms with Crippen LogP contribution >= 0.6 is 0 Å². The zero-order valence-electron chi connectivity index (χ0n) is 17.4. The van der Waals surface area contributed by atoms with Crippen molar-refractivity contribution < 1.29 is 14.3 Å². The zero-order valence-corrected chi connectivity index (χ0v) is 17.4. The van der Waals surface area contributed by atoms with E-state index in [1.807, 2.05) is 36.4 Å². The van der Waals surface area contributed by atoms with Crippen molar-refractivity contribution in [3.05, 3.63) is 65.7 Å². The van der Waals surface area contributed by atoms with Gasteiger partial charge in [0.05, 0.1) is 12.1 Å². The summed E-state index contributed by atoms with van der Waals surface area (Å²) < 4.78 is 6.16. The van der Waals surface area contributed by atoms with E-state index in [9.17, 15) is 9.59 Å². The third-order valence-electron chi connectivity index (χ3n) is 5.93. The number of hydrogen-bond donors (Lipinski definition) is 2. The summed E-state index contributed by atoms with van der Waals surface area (Å²) in [6, 6.07) is 17.8. The van der Waals surface area contributed by atoms with Crippen molar-refractivity contribution in [2.24, 2.45) is 0 Å². The van der Waals surface area contributed by atoms with Crippen molar-refractivity contribution in [1.29, 1.82) is 0 Å². The molecule has 1 fully saturated rings. The molecule has 0 aromatic heterocycles. The second-order valence-corrected chi connectivity index (χ2v) is 8.32. The summed E-state index contributed by atoms with van der Waals surface area (Å²) in [4.78, 5) is 27.0. The number of ether oxygens (including phenoxy) is 1. The minimum atomic E-state index is -0.665. The van der Waals surface area contributed by atoms with Crippen LogP contribution in [0.5, 0.6) is 5.75 Å². The number of likely N-dealkylation sites (tertiary alicyclic amines) is 1. The lowest BCUT2D eigenvalue weighted by atomic mass is 9.97. The lowest BCUT2D eigenvalue weighted by molar-refractivity contribution is -0.124. The maximum atomic E-state index is 12.5. The molecule has 2 heterocycles. The van der Waals surface area contributed by atoms with Gasteiger partial charge >= 0.3 is 0 Å². The van der Waals surface area contributed by atoms with Crippen LogP contribution < -0.4 is 15.4 Å². The Morgan fingerprint density at radius 2 is 1.83 bits per heavy atom. The van der Waals surface area contributed by atoms with Gasteiger partial charge in [0.25, 0.3) is 5.91 Å². The molecular weight excluding hydrogens is 378 g/mol. The van der Waals surface area contributed by atoms with Crippen molar-refractivity contribution >= 4 is 11.8 Å². The molecule has 4 rings (SSSR count). The second kappa shape index (κ2) is 8.88. The maximum absolute atomic E-state index is 12.5. The molecule has 6 nitrogen and oxygen atoms in total. The Morgan fingerprint density at radius 1 is 1.13 bits per heavy atom. The summed E-state index contributed by atoms with van der Waals surface area (Å²) in [7, 11) is 0. The summed E-state index contributed by atoms with van der Waals surface area (Å²) in [5.74, 6) is 0.598. The maximum Gasteiger partial charge on any atom is 0.258 e. The predicted molar refractivity (Wildman–Crippen MR) is 115 cm³/mol. The molecule has 0 radical (unpaired) electrons. The summed E-state index contributed by atoms with van der Waals surface area (Å²) >= 11 is 0. The number of nitrogens with one attached hydrogen (secondary N) is 2. The fraction of sp³-hybridized carbons (Fsp3) is 0.417. The molecule has 2 aromatic carbocycles. The summed E-state index contributed by atoms with van der Waals surface area (Å²) in [5, 5.41) is 6.14. The lowest BCUT2D eigenvalue weighted by Crippen LogP contribution is -2.61. The minimum absolute atomic E-state index is 0.0467. The Labute approximate surface area is 177 Å². The first kappa shape index (κ1) is 20.4. The van der Waals surface area contributed by atoms with Gasteiger partial charge in [0.2, 0.25) is 5.91 Å². The average Bonchev–Trinajstić information content (AvgIpc) is 2.75. The molecule has 2 aliphatic heterocycles. The highest BCUT2D eigenvalue weighted by Crippen LogP contribution is 2.33. The molecule has 1 saturated heterocycles. The number of piperidine rings is 1. The SMILES string of the molecule is CC(CCc1ccccc1)NC(=O)CN1CCC2(CC1)NC(=O)c1ccccc1O2. The van der Waals surface area contributed by atoms with Crippen LogP contribution in [0.25, 0.3) is 0 Å². The van der Waals surface area contributed by atoms with Crippen molar-refractivity contribution in [2.45, 2.75) is 44.4 Å². The molecule has 1 atom stereocenters. The van der Waals surface area contributed by atoms with Crippen LogP contribution in [-0.4, -0.2) is 48.1 Å². The van der Waals surface area contributed by atoms with Crippen LogP contribution in [0.15, 0.2) is 54.6 Å². The molecular formula is C24H29N3O3. The molecule has 0 saturated carbocycles. The molecule has 2 aliphatic rings. The van der Waals surface area contributed by atoms with Gasteiger partial charge in [-0.15, -0.1) is 0 Å². The van der Waals surface area contributed by atoms with Crippen LogP contribution in [0.3, 0.4) is 0 Å². The van der Waals surface area contributed by atoms with Gasteiger partial charge in [-0.25, -0.2) is 0 Å². The highest BCUT2D eigenvalue weighted by Gasteiger charge is 2.42. The normalized spacial score (nSPS) is 18.8. The Morgan fingerprint density at radius 3 is 2.60 bits per heavy atom. The first-order valence-corrected chi connectivity index (χ1v) is 10.7. The third-order valence-corrected chi connectivity index (χ3v) is 5.93. The summed E-state index contributed by atoms with van der Waals surface area (Å²) in [6.45, 7) is 3.83. The number of rotatable bonds is 6. The van der Waals surface area contributed by atoms with E-state index in [1.54, 1.807) is 6.07 Å². The molecule has 0 aliphatic carbocycles. The van der Waals surface area contributed by atoms with Crippen molar-refractivity contribution in [3.63, 3.8) is 0 Å². The van der Waals surface area contributed by atoms with Gasteiger partial charge in [0.15, 0.2) is 5.72 Å². The minimum Gasteiger partial charge on any atom is -0.467 e. The van der Waals surface area contributed by atoms with Crippen LogP contribution in [-0.2, 0) is 11.2 Å². The van der Waals surface area contributed by atoms with Crippen molar-refractivity contribution in [2.75, 3.05) is 19.6 Å². The monoisotopic (exact) mass is 407 g/mol. The van der Waals surface area contributed by atoms with Gasteiger partial charge < -0.3 is 15.4 Å². The molecule has 6 heteroatoms. The first-order valence-electron chi connectivity index (χ1n) is 10.7. The molecule has 1 spiro atoms. The van der Waals surface area contributed by atoms with Crippen LogP contribution in [0, 0.1) is 0 Å². The number of amides is 2. The summed E-state index contributed by atoms with van der Waals surface area (Å²) in [5.41, 5.74) is 1.20. The van der Waals surface area contributed by atoms with Gasteiger partial charge in [-0.3, -0.25) is 14.5 Å². The van der Waals surface area contributed by atoms with E-state index >= 15 is 0 Å². The van der Waals surface area contributed by atoms with Gasteiger partial charge in [-0.05, 0) is 37.5 Å². The van der Waals surface area contributed by atoms with Crippen LogP contribution in [0.4, 0.5) is 0 Å².